The zero-order valence-electron chi connectivity index (χ0n) is 10.8. The van der Waals surface area contributed by atoms with E-state index in [0.29, 0.717) is 5.75 Å². The van der Waals surface area contributed by atoms with E-state index in [0.717, 1.165) is 10.8 Å². The molecule has 2 rings (SSSR count). The number of benzene rings is 2. The average Bonchev–Trinajstić information content (AvgIpc) is 2.45. The molecule has 0 amide bonds. The smallest absolute Gasteiger partial charge is 0.289 e. The Hall–Kier alpha value is -1.43. The fourth-order valence-electron chi connectivity index (χ4n) is 1.90. The maximum Gasteiger partial charge on any atom is 0.289 e. The molecule has 0 aliphatic rings. The first kappa shape index (κ1) is 16.6. The molecule has 0 unspecified atom stereocenters. The summed E-state index contributed by atoms with van der Waals surface area (Å²) < 4.78 is 31.8. The number of halogens is 3. The lowest BCUT2D eigenvalue weighted by Crippen LogP contribution is -2.36. The van der Waals surface area contributed by atoms with Crippen LogP contribution in [0.2, 0.25) is 0 Å². The first-order chi connectivity index (χ1) is 8.97. The minimum absolute atomic E-state index is 0. The van der Waals surface area contributed by atoms with Crippen LogP contribution in [-0.4, -0.2) is 24.7 Å². The van der Waals surface area contributed by atoms with Crippen molar-refractivity contribution in [1.82, 2.24) is 0 Å². The number of nitrogens with two attached hydrogens (primary N) is 1. The summed E-state index contributed by atoms with van der Waals surface area (Å²) >= 11 is 0. The molecule has 0 bridgehead atoms. The number of rotatable bonds is 4. The topological polar surface area (TPSA) is 55.5 Å². The van der Waals surface area contributed by atoms with Gasteiger partial charge < -0.3 is 15.6 Å². The van der Waals surface area contributed by atoms with Crippen LogP contribution in [0.4, 0.5) is 8.78 Å². The molecule has 3 nitrogen and oxygen atoms in total. The Balaban J connectivity index is 0.00000200. The molecule has 0 saturated heterocycles. The van der Waals surface area contributed by atoms with E-state index < -0.39 is 18.6 Å². The third kappa shape index (κ3) is 3.17. The number of hydrogen-bond donors (Lipinski definition) is 2. The van der Waals surface area contributed by atoms with E-state index in [9.17, 15) is 8.78 Å². The molecule has 110 valence electrons. The molecule has 0 radical (unpaired) electrons. The molecule has 0 aliphatic heterocycles. The predicted molar refractivity (Wildman–Crippen MR) is 76.7 cm³/mol. The summed E-state index contributed by atoms with van der Waals surface area (Å²) in [5.74, 6) is -2.63. The molecule has 20 heavy (non-hydrogen) atoms. The van der Waals surface area contributed by atoms with Crippen LogP contribution < -0.4 is 10.5 Å². The van der Waals surface area contributed by atoms with Crippen LogP contribution in [0.25, 0.3) is 10.8 Å². The van der Waals surface area contributed by atoms with Crippen LogP contribution in [0, 0.1) is 0 Å². The fraction of sp³-hybridized carbons (Fsp3) is 0.286. The minimum atomic E-state index is -3.33. The van der Waals surface area contributed by atoms with E-state index in [1.165, 1.54) is 6.07 Å². The average molecular weight is 304 g/mol. The van der Waals surface area contributed by atoms with Gasteiger partial charge in [0.25, 0.3) is 5.92 Å². The Bertz CT molecular complexity index is 592. The fourth-order valence-corrected chi connectivity index (χ4v) is 1.90. The van der Waals surface area contributed by atoms with Crippen LogP contribution in [0.5, 0.6) is 5.75 Å². The summed E-state index contributed by atoms with van der Waals surface area (Å²) in [4.78, 5) is 0. The van der Waals surface area contributed by atoms with Gasteiger partial charge in [-0.1, -0.05) is 18.2 Å². The van der Waals surface area contributed by atoms with Crippen LogP contribution in [0.15, 0.2) is 36.4 Å². The zero-order chi connectivity index (χ0) is 14.0. The third-order valence-electron chi connectivity index (χ3n) is 3.10. The van der Waals surface area contributed by atoms with Crippen LogP contribution >= 0.6 is 12.4 Å². The van der Waals surface area contributed by atoms with Gasteiger partial charge in [-0.15, -0.1) is 12.4 Å². The Morgan fingerprint density at radius 2 is 1.80 bits per heavy atom. The van der Waals surface area contributed by atoms with Crippen molar-refractivity contribution < 1.29 is 18.6 Å². The van der Waals surface area contributed by atoms with E-state index in [4.69, 9.17) is 15.6 Å². The molecule has 0 saturated carbocycles. The van der Waals surface area contributed by atoms with Crippen LogP contribution in [0.3, 0.4) is 0 Å². The molecule has 0 fully saturated rings. The molecule has 0 aromatic heterocycles. The number of methoxy groups -OCH3 is 1. The van der Waals surface area contributed by atoms with Gasteiger partial charge in [0.2, 0.25) is 0 Å². The quantitative estimate of drug-likeness (QED) is 0.913. The Kier molecular flexibility index (Phi) is 5.28. The molecule has 1 atom stereocenters. The predicted octanol–water partition coefficient (Wildman–Crippen LogP) is 2.90. The lowest BCUT2D eigenvalue weighted by atomic mass is 9.98. The Morgan fingerprint density at radius 1 is 1.20 bits per heavy atom. The molecule has 0 aliphatic carbocycles. The molecule has 0 spiro atoms. The zero-order valence-corrected chi connectivity index (χ0v) is 11.7. The number of fused-ring (bicyclic) bond motifs is 1. The van der Waals surface area contributed by atoms with Gasteiger partial charge >= 0.3 is 0 Å². The summed E-state index contributed by atoms with van der Waals surface area (Å²) in [6.07, 6.45) is 0. The van der Waals surface area contributed by atoms with Gasteiger partial charge in [0.15, 0.2) is 0 Å². The molecular formula is C14H16ClF2NO2. The highest BCUT2D eigenvalue weighted by molar-refractivity contribution is 5.85. The normalized spacial score (nSPS) is 12.8. The van der Waals surface area contributed by atoms with E-state index >= 15 is 0 Å². The Labute approximate surface area is 121 Å². The van der Waals surface area contributed by atoms with Crippen LogP contribution in [-0.2, 0) is 0 Å². The SMILES string of the molecule is COc1ccc2cc([C@H](N)C(F)(F)CO)ccc2c1.Cl. The van der Waals surface area contributed by atoms with Crippen molar-refractivity contribution in [3.63, 3.8) is 0 Å². The number of aliphatic hydroxyl groups excluding tert-OH is 1. The first-order valence-corrected chi connectivity index (χ1v) is 5.80. The van der Waals surface area contributed by atoms with Crippen molar-refractivity contribution in [2.45, 2.75) is 12.0 Å². The maximum atomic E-state index is 13.4. The number of ether oxygens (including phenoxy) is 1. The number of aliphatic hydroxyl groups is 1. The number of alkyl halides is 2. The van der Waals surface area contributed by atoms with E-state index in [2.05, 4.69) is 0 Å². The molecule has 6 heteroatoms. The Morgan fingerprint density at radius 3 is 2.40 bits per heavy atom. The van der Waals surface area contributed by atoms with Crippen LogP contribution in [0.1, 0.15) is 11.6 Å². The van der Waals surface area contributed by atoms with Gasteiger partial charge in [-0.2, -0.15) is 0 Å². The summed E-state index contributed by atoms with van der Waals surface area (Å²) in [5, 5.41) is 10.3. The van der Waals surface area contributed by atoms with Gasteiger partial charge in [-0.05, 0) is 34.5 Å². The van der Waals surface area contributed by atoms with E-state index in [1.807, 2.05) is 6.07 Å². The van der Waals surface area contributed by atoms with Gasteiger partial charge in [-0.3, -0.25) is 0 Å². The van der Waals surface area contributed by atoms with Crippen molar-refractivity contribution in [2.75, 3.05) is 13.7 Å². The molecule has 3 N–H and O–H groups in total. The van der Waals surface area contributed by atoms with Crippen molar-refractivity contribution in [3.8, 4) is 5.75 Å². The van der Waals surface area contributed by atoms with E-state index in [1.54, 1.807) is 31.4 Å². The van der Waals surface area contributed by atoms with Crippen molar-refractivity contribution in [1.29, 1.82) is 0 Å². The van der Waals surface area contributed by atoms with Gasteiger partial charge in [0.1, 0.15) is 12.4 Å². The second kappa shape index (κ2) is 6.35. The van der Waals surface area contributed by atoms with Crippen molar-refractivity contribution in [2.24, 2.45) is 5.73 Å². The molecule has 2 aromatic rings. The van der Waals surface area contributed by atoms with Gasteiger partial charge in [-0.25, -0.2) is 8.78 Å². The third-order valence-corrected chi connectivity index (χ3v) is 3.10. The molecule has 2 aromatic carbocycles. The van der Waals surface area contributed by atoms with E-state index in [-0.39, 0.29) is 18.0 Å². The van der Waals surface area contributed by atoms with Gasteiger partial charge in [0, 0.05) is 0 Å². The van der Waals surface area contributed by atoms with Gasteiger partial charge in [0.05, 0.1) is 13.2 Å². The second-order valence-electron chi connectivity index (χ2n) is 4.37. The molecular weight excluding hydrogens is 288 g/mol. The highest BCUT2D eigenvalue weighted by atomic mass is 35.5. The summed E-state index contributed by atoms with van der Waals surface area (Å²) in [6, 6.07) is 8.67. The summed E-state index contributed by atoms with van der Waals surface area (Å²) in [5.41, 5.74) is 5.78. The highest BCUT2D eigenvalue weighted by Crippen LogP contribution is 2.31. The maximum absolute atomic E-state index is 13.4. The molecule has 0 heterocycles. The lowest BCUT2D eigenvalue weighted by Gasteiger charge is -2.22. The van der Waals surface area contributed by atoms with Crippen molar-refractivity contribution >= 4 is 23.2 Å². The largest absolute Gasteiger partial charge is 0.497 e. The standard InChI is InChI=1S/C14H15F2NO2.ClH/c1-19-12-5-4-9-6-11(3-2-10(9)7-12)13(17)14(15,16)8-18;/h2-7,13,18H,8,17H2,1H3;1H/t13-;/m0./s1. The van der Waals surface area contributed by atoms with Crippen molar-refractivity contribution in [3.05, 3.63) is 42.0 Å². The summed E-state index contributed by atoms with van der Waals surface area (Å²) in [6.45, 7) is -1.27. The summed E-state index contributed by atoms with van der Waals surface area (Å²) in [7, 11) is 1.56. The minimum Gasteiger partial charge on any atom is -0.497 e. The second-order valence-corrected chi connectivity index (χ2v) is 4.37. The number of hydrogen-bond acceptors (Lipinski definition) is 3. The highest BCUT2D eigenvalue weighted by Gasteiger charge is 2.37. The lowest BCUT2D eigenvalue weighted by molar-refractivity contribution is -0.0711. The first-order valence-electron chi connectivity index (χ1n) is 5.80. The monoisotopic (exact) mass is 303 g/mol.